The van der Waals surface area contributed by atoms with Crippen LogP contribution in [0.25, 0.3) is 0 Å². The van der Waals surface area contributed by atoms with Crippen molar-refractivity contribution >= 4 is 8.07 Å². The van der Waals surface area contributed by atoms with Gasteiger partial charge in [-0.3, -0.25) is 0 Å². The SMILES string of the molecule is CCCCC=C[Si](CC)(CC)CC. The van der Waals surface area contributed by atoms with Gasteiger partial charge in [-0.05, 0) is 6.42 Å². The van der Waals surface area contributed by atoms with Crippen LogP contribution in [0, 0.1) is 0 Å². The quantitative estimate of drug-likeness (QED) is 0.408. The van der Waals surface area contributed by atoms with Crippen molar-refractivity contribution in [1.82, 2.24) is 0 Å². The first-order valence-corrected chi connectivity index (χ1v) is 8.62. The molecule has 0 atom stereocenters. The van der Waals surface area contributed by atoms with E-state index >= 15 is 0 Å². The van der Waals surface area contributed by atoms with Gasteiger partial charge in [-0.25, -0.2) is 0 Å². The Kier molecular flexibility index (Phi) is 7.34. The molecule has 1 heteroatoms. The Hall–Kier alpha value is -0.0431. The van der Waals surface area contributed by atoms with E-state index < -0.39 is 8.07 Å². The maximum Gasteiger partial charge on any atom is 0.0766 e. The Morgan fingerprint density at radius 3 is 1.85 bits per heavy atom. The molecule has 0 spiro atoms. The largest absolute Gasteiger partial charge is 0.0981 e. The Balaban J connectivity index is 4.00. The minimum atomic E-state index is -0.948. The summed E-state index contributed by atoms with van der Waals surface area (Å²) in [6.07, 6.45) is 6.43. The van der Waals surface area contributed by atoms with E-state index in [1.54, 1.807) is 0 Å². The predicted molar refractivity (Wildman–Crippen MR) is 65.9 cm³/mol. The van der Waals surface area contributed by atoms with Crippen molar-refractivity contribution in [3.05, 3.63) is 11.8 Å². The van der Waals surface area contributed by atoms with Crippen LogP contribution in [0.1, 0.15) is 47.0 Å². The van der Waals surface area contributed by atoms with Crippen molar-refractivity contribution in [2.24, 2.45) is 0 Å². The molecule has 0 rings (SSSR count). The fourth-order valence-corrected chi connectivity index (χ4v) is 4.63. The van der Waals surface area contributed by atoms with E-state index in [1.807, 2.05) is 0 Å². The maximum absolute atomic E-state index is 2.60. The second-order valence-corrected chi connectivity index (χ2v) is 9.15. The normalized spacial score (nSPS) is 12.6. The third-order valence-electron chi connectivity index (χ3n) is 3.31. The Labute approximate surface area is 85.4 Å². The molecule has 0 fully saturated rings. The second kappa shape index (κ2) is 7.37. The first kappa shape index (κ1) is 13.0. The third-order valence-corrected chi connectivity index (χ3v) is 8.48. The standard InChI is InChI=1S/C12H26Si/c1-5-9-10-11-12-13(6-2,7-3)8-4/h11-12H,5-10H2,1-4H3. The van der Waals surface area contributed by atoms with Crippen LogP contribution in [0.3, 0.4) is 0 Å². The minimum absolute atomic E-state index is 0.948. The van der Waals surface area contributed by atoms with Crippen LogP contribution in [0.2, 0.25) is 18.1 Å². The van der Waals surface area contributed by atoms with Gasteiger partial charge < -0.3 is 0 Å². The van der Waals surface area contributed by atoms with Crippen LogP contribution in [0.15, 0.2) is 11.8 Å². The number of hydrogen-bond donors (Lipinski definition) is 0. The summed E-state index contributed by atoms with van der Waals surface area (Å²) in [7, 11) is -0.948. The van der Waals surface area contributed by atoms with E-state index in [0.29, 0.717) is 0 Å². The van der Waals surface area contributed by atoms with Gasteiger partial charge in [0.2, 0.25) is 0 Å². The molecule has 0 radical (unpaired) electrons. The zero-order chi connectivity index (χ0) is 10.2. The van der Waals surface area contributed by atoms with Gasteiger partial charge in [-0.2, -0.15) is 0 Å². The summed E-state index contributed by atoms with van der Waals surface area (Å²) < 4.78 is 0. The Morgan fingerprint density at radius 2 is 1.46 bits per heavy atom. The molecule has 0 aromatic rings. The highest BCUT2D eigenvalue weighted by molar-refractivity contribution is 6.84. The number of rotatable bonds is 7. The van der Waals surface area contributed by atoms with Gasteiger partial charge in [0.25, 0.3) is 0 Å². The summed E-state index contributed by atoms with van der Waals surface area (Å²) in [5, 5.41) is 0. The highest BCUT2D eigenvalue weighted by Gasteiger charge is 2.22. The van der Waals surface area contributed by atoms with Crippen molar-refractivity contribution < 1.29 is 0 Å². The Bertz CT molecular complexity index is 126. The fourth-order valence-electron chi connectivity index (χ4n) is 1.76. The van der Waals surface area contributed by atoms with Crippen LogP contribution in [-0.2, 0) is 0 Å². The summed E-state index contributed by atoms with van der Waals surface area (Å²) in [6.45, 7) is 9.36. The molecule has 78 valence electrons. The van der Waals surface area contributed by atoms with Crippen molar-refractivity contribution in [2.75, 3.05) is 0 Å². The molecule has 0 aromatic heterocycles. The lowest BCUT2D eigenvalue weighted by atomic mass is 10.2. The molecule has 0 aliphatic heterocycles. The predicted octanol–water partition coefficient (Wildman–Crippen LogP) is 4.78. The molecule has 0 saturated carbocycles. The average Bonchev–Trinajstić information content (AvgIpc) is 2.20. The lowest BCUT2D eigenvalue weighted by molar-refractivity contribution is 0.815. The molecule has 0 unspecified atom stereocenters. The fraction of sp³-hybridized carbons (Fsp3) is 0.833. The molecule has 0 aliphatic carbocycles. The highest BCUT2D eigenvalue weighted by atomic mass is 28.3. The number of allylic oxidation sites excluding steroid dienone is 1. The molecule has 0 aromatic carbocycles. The van der Waals surface area contributed by atoms with Gasteiger partial charge >= 0.3 is 0 Å². The van der Waals surface area contributed by atoms with Crippen molar-refractivity contribution in [2.45, 2.75) is 65.1 Å². The van der Waals surface area contributed by atoms with Crippen LogP contribution >= 0.6 is 0 Å². The first-order chi connectivity index (χ1) is 6.24. The van der Waals surface area contributed by atoms with Gasteiger partial charge in [0, 0.05) is 0 Å². The smallest absolute Gasteiger partial charge is 0.0766 e. The van der Waals surface area contributed by atoms with E-state index in [0.717, 1.165) is 0 Å². The molecular formula is C12H26Si. The molecule has 0 nitrogen and oxygen atoms in total. The summed E-state index contributed by atoms with van der Waals surface area (Å²) in [6, 6.07) is 4.26. The summed E-state index contributed by atoms with van der Waals surface area (Å²) >= 11 is 0. The molecular weight excluding hydrogens is 172 g/mol. The maximum atomic E-state index is 2.60. The lowest BCUT2D eigenvalue weighted by Gasteiger charge is -2.23. The summed E-state index contributed by atoms with van der Waals surface area (Å²) in [5.41, 5.74) is 2.60. The molecule has 0 aliphatic rings. The molecule has 0 heterocycles. The number of unbranched alkanes of at least 4 members (excludes halogenated alkanes) is 2. The minimum Gasteiger partial charge on any atom is -0.0981 e. The van der Waals surface area contributed by atoms with E-state index in [9.17, 15) is 0 Å². The second-order valence-electron chi connectivity index (χ2n) is 3.97. The van der Waals surface area contributed by atoms with Crippen LogP contribution < -0.4 is 0 Å². The molecule has 0 saturated heterocycles. The molecule has 0 bridgehead atoms. The molecule has 0 amide bonds. The molecule has 13 heavy (non-hydrogen) atoms. The third kappa shape index (κ3) is 4.66. The van der Waals surface area contributed by atoms with E-state index in [-0.39, 0.29) is 0 Å². The average molecular weight is 198 g/mol. The van der Waals surface area contributed by atoms with E-state index in [2.05, 4.69) is 39.5 Å². The van der Waals surface area contributed by atoms with Crippen molar-refractivity contribution in [1.29, 1.82) is 0 Å². The number of hydrogen-bond acceptors (Lipinski definition) is 0. The van der Waals surface area contributed by atoms with E-state index in [4.69, 9.17) is 0 Å². The zero-order valence-corrected chi connectivity index (χ0v) is 10.9. The van der Waals surface area contributed by atoms with Gasteiger partial charge in [0.05, 0.1) is 8.07 Å². The van der Waals surface area contributed by atoms with Crippen molar-refractivity contribution in [3.63, 3.8) is 0 Å². The topological polar surface area (TPSA) is 0 Å². The monoisotopic (exact) mass is 198 g/mol. The summed E-state index contributed by atoms with van der Waals surface area (Å²) in [4.78, 5) is 0. The van der Waals surface area contributed by atoms with Crippen molar-refractivity contribution in [3.8, 4) is 0 Å². The first-order valence-electron chi connectivity index (χ1n) is 5.92. The van der Waals surface area contributed by atoms with Crippen LogP contribution in [0.4, 0.5) is 0 Å². The Morgan fingerprint density at radius 1 is 0.923 bits per heavy atom. The zero-order valence-electron chi connectivity index (χ0n) is 9.90. The van der Waals surface area contributed by atoms with Gasteiger partial charge in [-0.1, -0.05) is 70.4 Å². The van der Waals surface area contributed by atoms with Crippen LogP contribution in [0.5, 0.6) is 0 Å². The summed E-state index contributed by atoms with van der Waals surface area (Å²) in [5.74, 6) is 0. The van der Waals surface area contributed by atoms with Gasteiger partial charge in [-0.15, -0.1) is 0 Å². The lowest BCUT2D eigenvalue weighted by Crippen LogP contribution is -2.28. The van der Waals surface area contributed by atoms with E-state index in [1.165, 1.54) is 37.4 Å². The van der Waals surface area contributed by atoms with Gasteiger partial charge in [0.1, 0.15) is 0 Å². The molecule has 0 N–H and O–H groups in total. The highest BCUT2D eigenvalue weighted by Crippen LogP contribution is 2.21. The van der Waals surface area contributed by atoms with Gasteiger partial charge in [0.15, 0.2) is 0 Å². The van der Waals surface area contributed by atoms with Crippen LogP contribution in [-0.4, -0.2) is 8.07 Å².